The highest BCUT2D eigenvalue weighted by Gasteiger charge is 2.22. The molecule has 160 valence electrons. The summed E-state index contributed by atoms with van der Waals surface area (Å²) in [6.45, 7) is 8.39. The number of aromatic nitrogens is 1. The molecule has 0 fully saturated rings. The maximum absolute atomic E-state index is 13.6. The Morgan fingerprint density at radius 1 is 1.00 bits per heavy atom. The van der Waals surface area contributed by atoms with E-state index in [1.165, 1.54) is 0 Å². The van der Waals surface area contributed by atoms with Crippen LogP contribution in [0.5, 0.6) is 0 Å². The lowest BCUT2D eigenvalue weighted by atomic mass is 9.88. The fourth-order valence-electron chi connectivity index (χ4n) is 3.11. The summed E-state index contributed by atoms with van der Waals surface area (Å²) in [5.41, 5.74) is 3.58. The van der Waals surface area contributed by atoms with E-state index >= 15 is 0 Å². The molecule has 0 bridgehead atoms. The lowest BCUT2D eigenvalue weighted by Gasteiger charge is -2.20. The Morgan fingerprint density at radius 2 is 1.65 bits per heavy atom. The Balaban J connectivity index is 2.15. The van der Waals surface area contributed by atoms with E-state index in [4.69, 9.17) is 35.4 Å². The summed E-state index contributed by atoms with van der Waals surface area (Å²) in [6, 6.07) is 16.6. The van der Waals surface area contributed by atoms with E-state index in [0.717, 1.165) is 16.8 Å². The number of hydrogen-bond donors (Lipinski definition) is 1. The van der Waals surface area contributed by atoms with Crippen LogP contribution in [0.25, 0.3) is 11.5 Å². The van der Waals surface area contributed by atoms with Crippen LogP contribution in [0.1, 0.15) is 37.5 Å². The Bertz CT molecular complexity index is 1150. The zero-order chi connectivity index (χ0) is 22.8. The number of nitrogens with one attached hydrogen (secondary N) is 1. The van der Waals surface area contributed by atoms with Crippen LogP contribution in [0.4, 0.5) is 5.69 Å². The molecule has 1 heterocycles. The molecule has 31 heavy (non-hydrogen) atoms. The number of benzene rings is 2. The van der Waals surface area contributed by atoms with Crippen molar-refractivity contribution in [3.63, 3.8) is 0 Å². The summed E-state index contributed by atoms with van der Waals surface area (Å²) in [6.07, 6.45) is 3.69. The highest BCUT2D eigenvalue weighted by Crippen LogP contribution is 2.28. The SMILES string of the molecule is Cc1ccccc1NC(=S)C(=C([O-])c1cc(Cl)ccc1Cl)[n+]1ccc(C(C)(C)C)cc1. The number of aryl methyl sites for hydroxylation is 1. The summed E-state index contributed by atoms with van der Waals surface area (Å²) < 4.78 is 1.72. The second-order valence-electron chi connectivity index (χ2n) is 8.32. The molecule has 0 radical (unpaired) electrons. The highest BCUT2D eigenvalue weighted by atomic mass is 35.5. The zero-order valence-corrected chi connectivity index (χ0v) is 20.2. The van der Waals surface area contributed by atoms with Crippen LogP contribution in [0.3, 0.4) is 0 Å². The molecule has 3 rings (SSSR count). The molecule has 0 aliphatic carbocycles. The average Bonchev–Trinajstić information content (AvgIpc) is 2.71. The van der Waals surface area contributed by atoms with Gasteiger partial charge in [-0.1, -0.05) is 74.4 Å². The van der Waals surface area contributed by atoms with Gasteiger partial charge in [0.15, 0.2) is 17.4 Å². The monoisotopic (exact) mass is 470 g/mol. The molecule has 0 spiro atoms. The van der Waals surface area contributed by atoms with Crippen molar-refractivity contribution < 1.29 is 9.67 Å². The normalized spacial score (nSPS) is 12.3. The molecular weight excluding hydrogens is 447 g/mol. The Morgan fingerprint density at radius 3 is 2.26 bits per heavy atom. The zero-order valence-electron chi connectivity index (χ0n) is 17.9. The molecule has 0 aliphatic rings. The molecule has 0 aliphatic heterocycles. The van der Waals surface area contributed by atoms with Gasteiger partial charge in [-0.3, -0.25) is 0 Å². The first-order valence-corrected chi connectivity index (χ1v) is 11.0. The van der Waals surface area contributed by atoms with Crippen LogP contribution in [0.15, 0.2) is 67.0 Å². The second-order valence-corrected chi connectivity index (χ2v) is 9.57. The van der Waals surface area contributed by atoms with E-state index < -0.39 is 0 Å². The van der Waals surface area contributed by atoms with Gasteiger partial charge in [0.2, 0.25) is 5.70 Å². The fourth-order valence-corrected chi connectivity index (χ4v) is 3.79. The molecule has 2 aromatic carbocycles. The number of nitrogens with zero attached hydrogens (tertiary/aromatic N) is 1. The maximum Gasteiger partial charge on any atom is 0.238 e. The van der Waals surface area contributed by atoms with Crippen molar-refractivity contribution in [2.45, 2.75) is 33.1 Å². The van der Waals surface area contributed by atoms with Gasteiger partial charge < -0.3 is 10.4 Å². The predicted octanol–water partition coefficient (Wildman–Crippen LogP) is 6.01. The van der Waals surface area contributed by atoms with Gasteiger partial charge in [-0.05, 0) is 59.1 Å². The van der Waals surface area contributed by atoms with Crippen LogP contribution in [-0.2, 0) is 5.41 Å². The van der Waals surface area contributed by atoms with E-state index in [1.54, 1.807) is 22.8 Å². The first-order chi connectivity index (χ1) is 14.6. The Hall–Kier alpha value is -2.40. The largest absolute Gasteiger partial charge is 0.867 e. The minimum Gasteiger partial charge on any atom is -0.867 e. The van der Waals surface area contributed by atoms with Crippen molar-refractivity contribution >= 4 is 57.6 Å². The first kappa shape index (κ1) is 23.3. The molecule has 0 saturated carbocycles. The van der Waals surface area contributed by atoms with Gasteiger partial charge in [-0.15, -0.1) is 0 Å². The Labute approximate surface area is 199 Å². The highest BCUT2D eigenvalue weighted by molar-refractivity contribution is 7.81. The van der Waals surface area contributed by atoms with E-state index in [1.807, 2.05) is 55.7 Å². The molecule has 1 N–H and O–H groups in total. The van der Waals surface area contributed by atoms with Crippen LogP contribution in [0.2, 0.25) is 10.0 Å². The number of hydrogen-bond acceptors (Lipinski definition) is 2. The average molecular weight is 471 g/mol. The summed E-state index contributed by atoms with van der Waals surface area (Å²) in [5, 5.41) is 17.5. The van der Waals surface area contributed by atoms with Gasteiger partial charge in [-0.25, -0.2) is 0 Å². The lowest BCUT2D eigenvalue weighted by molar-refractivity contribution is -0.577. The quantitative estimate of drug-likeness (QED) is 0.219. The minimum atomic E-state index is -0.313. The number of rotatable bonds is 4. The molecule has 6 heteroatoms. The van der Waals surface area contributed by atoms with E-state index in [2.05, 4.69) is 26.1 Å². The summed E-state index contributed by atoms with van der Waals surface area (Å²) in [7, 11) is 0. The molecule has 3 nitrogen and oxygen atoms in total. The smallest absolute Gasteiger partial charge is 0.238 e. The van der Waals surface area contributed by atoms with Crippen LogP contribution in [0, 0.1) is 6.92 Å². The maximum atomic E-state index is 13.6. The van der Waals surface area contributed by atoms with Crippen molar-refractivity contribution in [1.29, 1.82) is 0 Å². The molecule has 0 unspecified atom stereocenters. The summed E-state index contributed by atoms with van der Waals surface area (Å²) in [4.78, 5) is 0.295. The molecule has 3 aromatic rings. The second kappa shape index (κ2) is 9.39. The van der Waals surface area contributed by atoms with Gasteiger partial charge in [-0.2, -0.15) is 4.57 Å². The third kappa shape index (κ3) is 5.45. The molecule has 0 amide bonds. The topological polar surface area (TPSA) is 39.0 Å². The van der Waals surface area contributed by atoms with Gasteiger partial charge in [0.05, 0.1) is 0 Å². The molecule has 0 atom stereocenters. The number of para-hydroxylation sites is 1. The van der Waals surface area contributed by atoms with Gasteiger partial charge in [0.1, 0.15) is 0 Å². The van der Waals surface area contributed by atoms with E-state index in [-0.39, 0.29) is 11.2 Å². The van der Waals surface area contributed by atoms with Crippen LogP contribution in [-0.4, -0.2) is 4.99 Å². The summed E-state index contributed by atoms with van der Waals surface area (Å²) in [5.74, 6) is -0.313. The predicted molar refractivity (Wildman–Crippen MR) is 132 cm³/mol. The summed E-state index contributed by atoms with van der Waals surface area (Å²) >= 11 is 18.2. The van der Waals surface area contributed by atoms with Crippen molar-refractivity contribution in [2.24, 2.45) is 0 Å². The fraction of sp³-hybridized carbons (Fsp3) is 0.200. The van der Waals surface area contributed by atoms with Gasteiger partial charge >= 0.3 is 0 Å². The lowest BCUT2D eigenvalue weighted by Crippen LogP contribution is -2.40. The minimum absolute atomic E-state index is 0.0144. The third-order valence-corrected chi connectivity index (χ3v) is 5.81. The van der Waals surface area contributed by atoms with Gasteiger partial charge in [0.25, 0.3) is 0 Å². The van der Waals surface area contributed by atoms with Crippen molar-refractivity contribution in [3.05, 3.63) is 93.7 Å². The molecular formula is C25H24Cl2N2OS. The van der Waals surface area contributed by atoms with E-state index in [9.17, 15) is 5.11 Å². The van der Waals surface area contributed by atoms with Crippen molar-refractivity contribution in [3.8, 4) is 0 Å². The number of thiocarbonyl (C=S) groups is 1. The van der Waals surface area contributed by atoms with Crippen LogP contribution < -0.4 is 15.0 Å². The van der Waals surface area contributed by atoms with Crippen molar-refractivity contribution in [1.82, 2.24) is 0 Å². The van der Waals surface area contributed by atoms with E-state index in [0.29, 0.717) is 26.3 Å². The van der Waals surface area contributed by atoms with Crippen LogP contribution >= 0.6 is 35.4 Å². The molecule has 0 saturated heterocycles. The van der Waals surface area contributed by atoms with Gasteiger partial charge in [0, 0.05) is 27.9 Å². The number of pyridine rings is 1. The Kier molecular flexibility index (Phi) is 7.05. The van der Waals surface area contributed by atoms with Crippen molar-refractivity contribution in [2.75, 3.05) is 5.32 Å². The standard InChI is InChI=1S/C25H24Cl2N2OS/c1-16-7-5-6-8-21(16)28-24(31)22(23(30)19-15-18(26)9-10-20(19)27)29-13-11-17(12-14-29)25(2,3)4/h5-15H,1-4H3,(H-,28,30,31). The first-order valence-electron chi connectivity index (χ1n) is 9.84. The third-order valence-electron chi connectivity index (χ3n) is 4.95. The molecule has 1 aromatic heterocycles. The number of anilines is 1. The number of halogens is 2.